The Kier molecular flexibility index (Phi) is 6.04. The predicted octanol–water partition coefficient (Wildman–Crippen LogP) is 3.10. The highest BCUT2D eigenvalue weighted by atomic mass is 28.4. The fraction of sp³-hybridized carbons (Fsp3) is 0.538. The zero-order valence-electron chi connectivity index (χ0n) is 11.6. The summed E-state index contributed by atoms with van der Waals surface area (Å²) in [6, 6.07) is 0.551. The van der Waals surface area contributed by atoms with Crippen LogP contribution in [0.25, 0.3) is 0 Å². The van der Waals surface area contributed by atoms with Crippen LogP contribution in [0.5, 0.6) is 0 Å². The second-order valence-corrected chi connectivity index (χ2v) is 8.92. The molecule has 0 N–H and O–H groups in total. The number of rotatable bonds is 6. The van der Waals surface area contributed by atoms with Crippen LogP contribution in [0.2, 0.25) is 11.1 Å². The molecule has 0 saturated heterocycles. The molecule has 5 heteroatoms. The summed E-state index contributed by atoms with van der Waals surface area (Å²) in [5, 5.41) is -0.416. The Balaban J connectivity index is 5.40. The van der Waals surface area contributed by atoms with Gasteiger partial charge in [0.2, 0.25) is 0 Å². The Morgan fingerprint density at radius 2 is 1.50 bits per heavy atom. The first-order valence-corrected chi connectivity index (χ1v) is 7.95. The van der Waals surface area contributed by atoms with Crippen LogP contribution in [-0.4, -0.2) is 20.5 Å². The minimum absolute atomic E-state index is 0.416. The van der Waals surface area contributed by atoms with E-state index in [4.69, 9.17) is 8.85 Å². The molecule has 0 aromatic carbocycles. The molecule has 0 fully saturated rings. The van der Waals surface area contributed by atoms with Gasteiger partial charge in [0.15, 0.2) is 0 Å². The second-order valence-electron chi connectivity index (χ2n) is 5.00. The van der Waals surface area contributed by atoms with Crippen molar-refractivity contribution < 1.29 is 18.4 Å². The first-order valence-electron chi connectivity index (χ1n) is 5.93. The summed E-state index contributed by atoms with van der Waals surface area (Å²) in [5.74, 6) is -1.11. The zero-order valence-corrected chi connectivity index (χ0v) is 12.6. The summed E-state index contributed by atoms with van der Waals surface area (Å²) in [5.41, 5.74) is 0. The van der Waals surface area contributed by atoms with Gasteiger partial charge in [-0.1, -0.05) is 47.3 Å². The van der Waals surface area contributed by atoms with E-state index in [1.165, 1.54) is 0 Å². The van der Waals surface area contributed by atoms with Crippen molar-refractivity contribution in [1.29, 1.82) is 0 Å². The van der Waals surface area contributed by atoms with Crippen LogP contribution in [0.1, 0.15) is 34.1 Å². The average Bonchev–Trinajstić information content (AvgIpc) is 2.27. The molecular formula is C13H22O4Si. The fourth-order valence-corrected chi connectivity index (χ4v) is 4.62. The van der Waals surface area contributed by atoms with E-state index in [1.807, 2.05) is 27.7 Å². The maximum Gasteiger partial charge on any atom is 0.470 e. The lowest BCUT2D eigenvalue weighted by Crippen LogP contribution is -2.52. The van der Waals surface area contributed by atoms with Gasteiger partial charge in [-0.3, -0.25) is 0 Å². The summed E-state index contributed by atoms with van der Waals surface area (Å²) in [6.07, 6.45) is 2.94. The van der Waals surface area contributed by atoms with Crippen molar-refractivity contribution in [3.05, 3.63) is 25.3 Å². The first-order chi connectivity index (χ1) is 8.22. The highest BCUT2D eigenvalue weighted by Gasteiger charge is 2.54. The molecule has 0 atom stereocenters. The Labute approximate surface area is 110 Å². The van der Waals surface area contributed by atoms with E-state index in [-0.39, 0.29) is 0 Å². The monoisotopic (exact) mass is 270 g/mol. The Morgan fingerprint density at radius 1 is 1.11 bits per heavy atom. The lowest BCUT2D eigenvalue weighted by atomic mass is 10.2. The topological polar surface area (TPSA) is 52.6 Å². The maximum absolute atomic E-state index is 11.5. The lowest BCUT2D eigenvalue weighted by Gasteiger charge is -2.38. The predicted molar refractivity (Wildman–Crippen MR) is 73.1 cm³/mol. The molecule has 0 bridgehead atoms. The summed E-state index contributed by atoms with van der Waals surface area (Å²) >= 11 is 0. The normalized spacial score (nSPS) is 11.6. The van der Waals surface area contributed by atoms with Gasteiger partial charge in [-0.05, 0) is 0 Å². The van der Waals surface area contributed by atoms with Gasteiger partial charge in [0.25, 0.3) is 0 Å². The van der Waals surface area contributed by atoms with Crippen molar-refractivity contribution in [3.63, 3.8) is 0 Å². The molecule has 0 heterocycles. The van der Waals surface area contributed by atoms with Gasteiger partial charge in [-0.2, -0.15) is 0 Å². The molecule has 0 radical (unpaired) electrons. The van der Waals surface area contributed by atoms with E-state index in [1.54, 1.807) is 0 Å². The molecule has 18 heavy (non-hydrogen) atoms. The van der Waals surface area contributed by atoms with Gasteiger partial charge in [-0.25, -0.2) is 9.59 Å². The van der Waals surface area contributed by atoms with Crippen LogP contribution in [0, 0.1) is 0 Å². The van der Waals surface area contributed by atoms with E-state index in [0.29, 0.717) is 6.04 Å². The molecule has 0 unspecified atom stereocenters. The van der Waals surface area contributed by atoms with Gasteiger partial charge in [-0.15, -0.1) is 0 Å². The lowest BCUT2D eigenvalue weighted by molar-refractivity contribution is -0.136. The third-order valence-electron chi connectivity index (χ3n) is 2.59. The van der Waals surface area contributed by atoms with Crippen molar-refractivity contribution in [1.82, 2.24) is 0 Å². The van der Waals surface area contributed by atoms with E-state index in [2.05, 4.69) is 13.2 Å². The summed E-state index contributed by atoms with van der Waals surface area (Å²) in [4.78, 5) is 23.0. The smallest absolute Gasteiger partial charge is 0.470 e. The quantitative estimate of drug-likeness (QED) is 0.550. The van der Waals surface area contributed by atoms with Crippen molar-refractivity contribution in [2.45, 2.75) is 45.2 Å². The molecule has 0 saturated carbocycles. The minimum atomic E-state index is -3.01. The molecule has 0 aromatic heterocycles. The number of hydrogen-bond donors (Lipinski definition) is 0. The summed E-state index contributed by atoms with van der Waals surface area (Å²) in [6.45, 7) is 14.4. The van der Waals surface area contributed by atoms with E-state index in [0.717, 1.165) is 18.6 Å². The van der Waals surface area contributed by atoms with Crippen molar-refractivity contribution in [2.75, 3.05) is 0 Å². The highest BCUT2D eigenvalue weighted by molar-refractivity contribution is 6.73. The maximum atomic E-state index is 11.5. The number of carbonyl (C=O) groups is 2. The molecule has 0 spiro atoms. The molecule has 102 valence electrons. The standard InChI is InChI=1S/C13H22O4Si/c1-7-10-18(13(4,5)6,16-11(14)8-2)17-12(15)9-3/h8-9H,2-3,7,10H2,1,4-6H3. The third kappa shape index (κ3) is 4.14. The Hall–Kier alpha value is -1.36. The van der Waals surface area contributed by atoms with E-state index < -0.39 is 25.5 Å². The van der Waals surface area contributed by atoms with Crippen molar-refractivity contribution in [2.24, 2.45) is 0 Å². The molecule has 0 rings (SSSR count). The molecule has 0 aliphatic carbocycles. The van der Waals surface area contributed by atoms with Crippen LogP contribution < -0.4 is 0 Å². The summed E-state index contributed by atoms with van der Waals surface area (Å²) < 4.78 is 10.9. The van der Waals surface area contributed by atoms with E-state index in [9.17, 15) is 9.59 Å². The van der Waals surface area contributed by atoms with Crippen molar-refractivity contribution in [3.8, 4) is 0 Å². The van der Waals surface area contributed by atoms with Crippen LogP contribution in [0.3, 0.4) is 0 Å². The molecule has 0 aliphatic rings. The highest BCUT2D eigenvalue weighted by Crippen LogP contribution is 2.41. The summed E-state index contributed by atoms with van der Waals surface area (Å²) in [7, 11) is -3.01. The molecule has 4 nitrogen and oxygen atoms in total. The Bertz CT molecular complexity index is 319. The van der Waals surface area contributed by atoms with Gasteiger partial charge in [0.05, 0.1) is 0 Å². The van der Waals surface area contributed by atoms with Crippen LogP contribution in [-0.2, 0) is 18.4 Å². The third-order valence-corrected chi connectivity index (χ3v) is 7.09. The van der Waals surface area contributed by atoms with Gasteiger partial charge < -0.3 is 8.85 Å². The minimum Gasteiger partial charge on any atom is -0.481 e. The molecule has 0 aromatic rings. The van der Waals surface area contributed by atoms with Crippen LogP contribution in [0.4, 0.5) is 0 Å². The van der Waals surface area contributed by atoms with Crippen LogP contribution in [0.15, 0.2) is 25.3 Å². The SMILES string of the molecule is C=CC(=O)O[Si](CCC)(OC(=O)C=C)C(C)(C)C. The first kappa shape index (κ1) is 16.6. The molecule has 0 amide bonds. The fourth-order valence-electron chi connectivity index (χ4n) is 1.54. The second kappa shape index (κ2) is 6.54. The van der Waals surface area contributed by atoms with E-state index >= 15 is 0 Å². The van der Waals surface area contributed by atoms with Gasteiger partial charge in [0, 0.05) is 23.2 Å². The van der Waals surface area contributed by atoms with Crippen molar-refractivity contribution >= 4 is 20.5 Å². The van der Waals surface area contributed by atoms with Crippen LogP contribution >= 0.6 is 0 Å². The molecule has 0 aliphatic heterocycles. The largest absolute Gasteiger partial charge is 0.481 e. The number of hydrogen-bond acceptors (Lipinski definition) is 4. The zero-order chi connectivity index (χ0) is 14.4. The van der Waals surface area contributed by atoms with Gasteiger partial charge in [0.1, 0.15) is 0 Å². The number of carbonyl (C=O) groups excluding carboxylic acids is 2. The Morgan fingerprint density at radius 3 is 1.72 bits per heavy atom. The molecular weight excluding hydrogens is 248 g/mol. The average molecular weight is 270 g/mol. The van der Waals surface area contributed by atoms with Gasteiger partial charge >= 0.3 is 20.5 Å².